The molecule has 1 saturated heterocycles. The van der Waals surface area contributed by atoms with Crippen LogP contribution in [0.25, 0.3) is 0 Å². The highest BCUT2D eigenvalue weighted by Crippen LogP contribution is 2.24. The molecule has 3 N–H and O–H groups in total. The van der Waals surface area contributed by atoms with E-state index in [0.29, 0.717) is 5.91 Å². The number of nitrogens with one attached hydrogen (secondary N) is 1. The molecule has 0 bridgehead atoms. The SMILES string of the molecule is NC1CCCCC1C(=O)N1CCCNCC1. The largest absolute Gasteiger partial charge is 0.341 e. The maximum atomic E-state index is 12.3. The summed E-state index contributed by atoms with van der Waals surface area (Å²) < 4.78 is 0. The van der Waals surface area contributed by atoms with Gasteiger partial charge < -0.3 is 16.0 Å². The second-order valence-corrected chi connectivity index (χ2v) is 4.98. The molecule has 1 amide bonds. The molecule has 16 heavy (non-hydrogen) atoms. The van der Waals surface area contributed by atoms with Crippen molar-refractivity contribution in [1.29, 1.82) is 0 Å². The molecular weight excluding hydrogens is 202 g/mol. The Morgan fingerprint density at radius 3 is 2.75 bits per heavy atom. The van der Waals surface area contributed by atoms with Gasteiger partial charge in [0, 0.05) is 25.7 Å². The quantitative estimate of drug-likeness (QED) is 0.676. The number of rotatable bonds is 1. The second kappa shape index (κ2) is 5.64. The van der Waals surface area contributed by atoms with E-state index in [4.69, 9.17) is 5.73 Å². The molecule has 0 aromatic rings. The van der Waals surface area contributed by atoms with Crippen molar-refractivity contribution in [3.05, 3.63) is 0 Å². The lowest BCUT2D eigenvalue weighted by atomic mass is 9.84. The number of carbonyl (C=O) groups excluding carboxylic acids is 1. The Bertz CT molecular complexity index is 236. The van der Waals surface area contributed by atoms with Gasteiger partial charge in [-0.1, -0.05) is 12.8 Å². The minimum Gasteiger partial charge on any atom is -0.341 e. The molecule has 4 nitrogen and oxygen atoms in total. The lowest BCUT2D eigenvalue weighted by molar-refractivity contribution is -0.136. The molecule has 1 heterocycles. The molecule has 1 aliphatic heterocycles. The molecule has 0 aromatic carbocycles. The van der Waals surface area contributed by atoms with Gasteiger partial charge in [-0.2, -0.15) is 0 Å². The Morgan fingerprint density at radius 1 is 1.12 bits per heavy atom. The first-order valence-corrected chi connectivity index (χ1v) is 6.54. The van der Waals surface area contributed by atoms with Gasteiger partial charge in [0.2, 0.25) is 5.91 Å². The normalized spacial score (nSPS) is 32.2. The number of nitrogens with two attached hydrogens (primary N) is 1. The summed E-state index contributed by atoms with van der Waals surface area (Å²) in [4.78, 5) is 14.3. The molecule has 1 saturated carbocycles. The molecule has 2 atom stereocenters. The van der Waals surface area contributed by atoms with Gasteiger partial charge in [0.1, 0.15) is 0 Å². The van der Waals surface area contributed by atoms with Crippen LogP contribution >= 0.6 is 0 Å². The Labute approximate surface area is 97.6 Å². The zero-order valence-corrected chi connectivity index (χ0v) is 9.95. The zero-order valence-electron chi connectivity index (χ0n) is 9.95. The highest BCUT2D eigenvalue weighted by Gasteiger charge is 2.31. The molecular formula is C12H23N3O. The predicted molar refractivity (Wildman–Crippen MR) is 64.0 cm³/mol. The molecule has 2 unspecified atom stereocenters. The third-order valence-corrected chi connectivity index (χ3v) is 3.79. The summed E-state index contributed by atoms with van der Waals surface area (Å²) in [6.07, 6.45) is 5.42. The van der Waals surface area contributed by atoms with Gasteiger partial charge in [0.05, 0.1) is 5.92 Å². The van der Waals surface area contributed by atoms with E-state index in [9.17, 15) is 4.79 Å². The first-order chi connectivity index (χ1) is 7.79. The lowest BCUT2D eigenvalue weighted by Gasteiger charge is -2.32. The number of nitrogens with zero attached hydrogens (tertiary/aromatic N) is 1. The summed E-state index contributed by atoms with van der Waals surface area (Å²) in [6, 6.07) is 0.0949. The second-order valence-electron chi connectivity index (χ2n) is 4.98. The fourth-order valence-corrected chi connectivity index (χ4v) is 2.77. The van der Waals surface area contributed by atoms with Crippen LogP contribution in [0.2, 0.25) is 0 Å². The van der Waals surface area contributed by atoms with Crippen molar-refractivity contribution in [2.75, 3.05) is 26.2 Å². The molecule has 2 rings (SSSR count). The molecule has 4 heteroatoms. The minimum absolute atomic E-state index is 0.0897. The Kier molecular flexibility index (Phi) is 4.18. The molecule has 2 fully saturated rings. The third kappa shape index (κ3) is 2.74. The average Bonchev–Trinajstić information content (AvgIpc) is 2.57. The Morgan fingerprint density at radius 2 is 1.94 bits per heavy atom. The summed E-state index contributed by atoms with van der Waals surface area (Å²) in [5.41, 5.74) is 6.06. The van der Waals surface area contributed by atoms with E-state index >= 15 is 0 Å². The number of carbonyl (C=O) groups is 1. The van der Waals surface area contributed by atoms with E-state index in [1.54, 1.807) is 0 Å². The highest BCUT2D eigenvalue weighted by molar-refractivity contribution is 5.79. The lowest BCUT2D eigenvalue weighted by Crippen LogP contribution is -2.46. The van der Waals surface area contributed by atoms with Gasteiger partial charge in [-0.15, -0.1) is 0 Å². The number of hydrogen-bond donors (Lipinski definition) is 2. The summed E-state index contributed by atoms with van der Waals surface area (Å²) in [7, 11) is 0. The Balaban J connectivity index is 1.93. The van der Waals surface area contributed by atoms with E-state index in [1.807, 2.05) is 4.90 Å². The molecule has 0 spiro atoms. The van der Waals surface area contributed by atoms with Gasteiger partial charge in [0.15, 0.2) is 0 Å². The van der Waals surface area contributed by atoms with Crippen LogP contribution in [-0.2, 0) is 4.79 Å². The molecule has 1 aliphatic carbocycles. The number of hydrogen-bond acceptors (Lipinski definition) is 3. The van der Waals surface area contributed by atoms with Crippen LogP contribution in [-0.4, -0.2) is 43.0 Å². The van der Waals surface area contributed by atoms with Crippen molar-refractivity contribution in [3.8, 4) is 0 Å². The van der Waals surface area contributed by atoms with Gasteiger partial charge >= 0.3 is 0 Å². The standard InChI is InChI=1S/C12H23N3O/c13-11-5-2-1-4-10(11)12(16)15-8-3-6-14-7-9-15/h10-11,14H,1-9,13H2. The average molecular weight is 225 g/mol. The van der Waals surface area contributed by atoms with Crippen molar-refractivity contribution < 1.29 is 4.79 Å². The maximum Gasteiger partial charge on any atom is 0.227 e. The smallest absolute Gasteiger partial charge is 0.227 e. The first-order valence-electron chi connectivity index (χ1n) is 6.54. The fraction of sp³-hybridized carbons (Fsp3) is 0.917. The van der Waals surface area contributed by atoms with Crippen LogP contribution < -0.4 is 11.1 Å². The van der Waals surface area contributed by atoms with Crippen molar-refractivity contribution >= 4 is 5.91 Å². The van der Waals surface area contributed by atoms with E-state index in [-0.39, 0.29) is 12.0 Å². The van der Waals surface area contributed by atoms with Crippen LogP contribution in [0.15, 0.2) is 0 Å². The third-order valence-electron chi connectivity index (χ3n) is 3.79. The summed E-state index contributed by atoms with van der Waals surface area (Å²) in [6.45, 7) is 3.70. The summed E-state index contributed by atoms with van der Waals surface area (Å²) in [5.74, 6) is 0.391. The molecule has 2 aliphatic rings. The number of amides is 1. The van der Waals surface area contributed by atoms with Crippen LogP contribution in [0.1, 0.15) is 32.1 Å². The summed E-state index contributed by atoms with van der Waals surface area (Å²) >= 11 is 0. The monoisotopic (exact) mass is 225 g/mol. The molecule has 0 radical (unpaired) electrons. The van der Waals surface area contributed by atoms with Crippen molar-refractivity contribution in [2.45, 2.75) is 38.1 Å². The van der Waals surface area contributed by atoms with E-state index in [1.165, 1.54) is 6.42 Å². The maximum absolute atomic E-state index is 12.3. The van der Waals surface area contributed by atoms with Gasteiger partial charge in [0.25, 0.3) is 0 Å². The zero-order chi connectivity index (χ0) is 11.4. The van der Waals surface area contributed by atoms with Crippen LogP contribution in [0.5, 0.6) is 0 Å². The van der Waals surface area contributed by atoms with E-state index in [2.05, 4.69) is 5.32 Å². The highest BCUT2D eigenvalue weighted by atomic mass is 16.2. The molecule has 0 aromatic heterocycles. The van der Waals surface area contributed by atoms with Crippen LogP contribution in [0.3, 0.4) is 0 Å². The van der Waals surface area contributed by atoms with Crippen LogP contribution in [0, 0.1) is 5.92 Å². The van der Waals surface area contributed by atoms with Crippen molar-refractivity contribution in [3.63, 3.8) is 0 Å². The van der Waals surface area contributed by atoms with Gasteiger partial charge in [-0.05, 0) is 25.8 Å². The van der Waals surface area contributed by atoms with E-state index in [0.717, 1.165) is 51.9 Å². The minimum atomic E-state index is 0.0897. The fourth-order valence-electron chi connectivity index (χ4n) is 2.77. The van der Waals surface area contributed by atoms with Crippen molar-refractivity contribution in [2.24, 2.45) is 11.7 Å². The molecule has 92 valence electrons. The van der Waals surface area contributed by atoms with Gasteiger partial charge in [-0.3, -0.25) is 4.79 Å². The van der Waals surface area contributed by atoms with E-state index < -0.39 is 0 Å². The summed E-state index contributed by atoms with van der Waals surface area (Å²) in [5, 5.41) is 3.32. The van der Waals surface area contributed by atoms with Crippen LogP contribution in [0.4, 0.5) is 0 Å². The first kappa shape index (κ1) is 11.9. The predicted octanol–water partition coefficient (Wildman–Crippen LogP) is 0.326. The van der Waals surface area contributed by atoms with Crippen molar-refractivity contribution in [1.82, 2.24) is 10.2 Å². The topological polar surface area (TPSA) is 58.4 Å². The van der Waals surface area contributed by atoms with Gasteiger partial charge in [-0.25, -0.2) is 0 Å². The Hall–Kier alpha value is -0.610.